The van der Waals surface area contributed by atoms with Crippen molar-refractivity contribution >= 4 is 17.9 Å². The Kier molecular flexibility index (Phi) is 51.0. The third-order valence-corrected chi connectivity index (χ3v) is 11.1. The van der Waals surface area contributed by atoms with Gasteiger partial charge in [-0.3, -0.25) is 14.4 Å². The Hall–Kier alpha value is -4.19. The molecule has 1 unspecified atom stereocenters. The lowest BCUT2D eigenvalue weighted by Crippen LogP contribution is -2.30. The molecule has 0 aromatic carbocycles. The van der Waals surface area contributed by atoms with Gasteiger partial charge in [-0.05, 0) is 96.3 Å². The maximum atomic E-state index is 12.8. The van der Waals surface area contributed by atoms with Crippen molar-refractivity contribution < 1.29 is 28.6 Å². The molecule has 0 aliphatic rings. The lowest BCUT2D eigenvalue weighted by molar-refractivity contribution is -0.167. The molecule has 0 aromatic heterocycles. The summed E-state index contributed by atoms with van der Waals surface area (Å²) in [5, 5.41) is 0. The van der Waals surface area contributed by atoms with Gasteiger partial charge in [0, 0.05) is 19.3 Å². The van der Waals surface area contributed by atoms with Crippen molar-refractivity contribution in [1.29, 1.82) is 0 Å². The van der Waals surface area contributed by atoms with Crippen LogP contribution < -0.4 is 0 Å². The van der Waals surface area contributed by atoms with E-state index in [0.29, 0.717) is 19.3 Å². The molecular weight excluding hydrogens is 829 g/mol. The molecule has 0 aliphatic carbocycles. The minimum Gasteiger partial charge on any atom is -0.462 e. The lowest BCUT2D eigenvalue weighted by atomic mass is 10.1. The molecule has 6 nitrogen and oxygen atoms in total. The van der Waals surface area contributed by atoms with Crippen molar-refractivity contribution in [1.82, 2.24) is 0 Å². The molecule has 0 aliphatic heterocycles. The second kappa shape index (κ2) is 54.4. The zero-order valence-electron chi connectivity index (χ0n) is 43.1. The Morgan fingerprint density at radius 3 is 1.13 bits per heavy atom. The van der Waals surface area contributed by atoms with E-state index in [2.05, 4.69) is 81.5 Å². The molecule has 0 aromatic rings. The van der Waals surface area contributed by atoms with E-state index >= 15 is 0 Å². The van der Waals surface area contributed by atoms with E-state index in [0.717, 1.165) is 70.6 Å². The SMILES string of the molecule is CC\C=C/C=C\C=C/C=C\C=C\C=C/CCCCCC(=O)OCC(COC(=O)CCCCCCCCC/C=C\CCCCCC)OC(=O)CCC/C=C\C/C=C\C/C=C\CCCCCCCC. The molecule has 0 amide bonds. The van der Waals surface area contributed by atoms with Crippen LogP contribution in [0, 0.1) is 0 Å². The Balaban J connectivity index is 4.58. The van der Waals surface area contributed by atoms with Crippen molar-refractivity contribution in [3.8, 4) is 0 Å². The Labute approximate surface area is 412 Å². The Morgan fingerprint density at radius 1 is 0.328 bits per heavy atom. The fourth-order valence-electron chi connectivity index (χ4n) is 7.01. The minimum atomic E-state index is -0.828. The fourth-order valence-corrected chi connectivity index (χ4v) is 7.01. The number of allylic oxidation sites excluding steroid dienone is 20. The highest BCUT2D eigenvalue weighted by atomic mass is 16.6. The van der Waals surface area contributed by atoms with Gasteiger partial charge in [0.15, 0.2) is 6.10 Å². The predicted molar refractivity (Wildman–Crippen MR) is 288 cm³/mol. The van der Waals surface area contributed by atoms with Gasteiger partial charge in [-0.15, -0.1) is 0 Å². The number of esters is 3. The molecular formula is C61H98O6. The van der Waals surface area contributed by atoms with Gasteiger partial charge < -0.3 is 14.2 Å². The number of carbonyl (C=O) groups excluding carboxylic acids is 3. The first-order valence-corrected chi connectivity index (χ1v) is 27.1. The van der Waals surface area contributed by atoms with Crippen molar-refractivity contribution in [2.75, 3.05) is 13.2 Å². The molecule has 0 fully saturated rings. The van der Waals surface area contributed by atoms with Gasteiger partial charge in [0.05, 0.1) is 0 Å². The second-order valence-corrected chi connectivity index (χ2v) is 17.5. The van der Waals surface area contributed by atoms with Gasteiger partial charge in [0.25, 0.3) is 0 Å². The molecule has 378 valence electrons. The summed E-state index contributed by atoms with van der Waals surface area (Å²) >= 11 is 0. The summed E-state index contributed by atoms with van der Waals surface area (Å²) in [5.74, 6) is -1.03. The fraction of sp³-hybridized carbons (Fsp3) is 0.623. The predicted octanol–water partition coefficient (Wildman–Crippen LogP) is 18.1. The summed E-state index contributed by atoms with van der Waals surface area (Å²) in [5.41, 5.74) is 0. The number of ether oxygens (including phenoxy) is 3. The minimum absolute atomic E-state index is 0.118. The van der Waals surface area contributed by atoms with Gasteiger partial charge >= 0.3 is 17.9 Å². The first-order valence-electron chi connectivity index (χ1n) is 27.1. The molecule has 0 rings (SSSR count). The number of unbranched alkanes of at least 4 members (excludes halogenated alkanes) is 21. The molecule has 6 heteroatoms. The summed E-state index contributed by atoms with van der Waals surface area (Å²) in [7, 11) is 0. The average molecular weight is 927 g/mol. The standard InChI is InChI=1S/C61H98O6/c1-4-7-10-13-16-19-22-25-28-30-33-36-39-42-45-48-51-54-60(63)66-57-58(56-65-59(62)53-50-47-44-41-38-35-32-27-24-21-18-15-12-9-6-3)67-61(64)55-52-49-46-43-40-37-34-31-29-26-23-20-17-14-11-8-5-2/h7,10,13,16,19,21-22,24-26,28-30,33-34,36-37,39,43,46,58H,4-6,8-9,11-12,14-15,17-18,20,23,27,31-32,35,38,40-42,44-45,47-57H2,1-3H3/b10-7-,16-13-,22-19-,24-21-,28-25-,29-26-,33-30+,37-34-,39-36-,46-43-. The monoisotopic (exact) mass is 927 g/mol. The lowest BCUT2D eigenvalue weighted by Gasteiger charge is -2.18. The zero-order valence-corrected chi connectivity index (χ0v) is 43.1. The Bertz CT molecular complexity index is 1440. The Morgan fingerprint density at radius 2 is 0.657 bits per heavy atom. The first kappa shape index (κ1) is 62.8. The van der Waals surface area contributed by atoms with Crippen molar-refractivity contribution in [2.45, 2.75) is 232 Å². The van der Waals surface area contributed by atoms with Crippen LogP contribution in [0.2, 0.25) is 0 Å². The third kappa shape index (κ3) is 52.6. The van der Waals surface area contributed by atoms with E-state index in [4.69, 9.17) is 14.2 Å². The number of rotatable bonds is 47. The van der Waals surface area contributed by atoms with Crippen LogP contribution in [-0.4, -0.2) is 37.2 Å². The van der Waals surface area contributed by atoms with E-state index in [1.807, 2.05) is 60.8 Å². The van der Waals surface area contributed by atoms with Gasteiger partial charge in [-0.25, -0.2) is 0 Å². The molecule has 0 saturated carbocycles. The molecule has 0 radical (unpaired) electrons. The number of carbonyl (C=O) groups is 3. The average Bonchev–Trinajstić information content (AvgIpc) is 3.33. The van der Waals surface area contributed by atoms with Crippen LogP contribution in [0.4, 0.5) is 0 Å². The molecule has 0 heterocycles. The van der Waals surface area contributed by atoms with E-state index in [-0.39, 0.29) is 37.5 Å². The molecule has 0 saturated heterocycles. The molecule has 67 heavy (non-hydrogen) atoms. The molecule has 0 bridgehead atoms. The van der Waals surface area contributed by atoms with Gasteiger partial charge in [-0.2, -0.15) is 0 Å². The van der Waals surface area contributed by atoms with Crippen LogP contribution in [0.1, 0.15) is 226 Å². The van der Waals surface area contributed by atoms with E-state index < -0.39 is 6.10 Å². The van der Waals surface area contributed by atoms with Crippen LogP contribution in [0.3, 0.4) is 0 Å². The quantitative estimate of drug-likeness (QED) is 0.0199. The summed E-state index contributed by atoms with van der Waals surface area (Å²) < 4.78 is 16.7. The maximum absolute atomic E-state index is 12.8. The largest absolute Gasteiger partial charge is 0.462 e. The van der Waals surface area contributed by atoms with Crippen LogP contribution >= 0.6 is 0 Å². The van der Waals surface area contributed by atoms with Crippen LogP contribution in [0.15, 0.2) is 122 Å². The smallest absolute Gasteiger partial charge is 0.306 e. The van der Waals surface area contributed by atoms with E-state index in [9.17, 15) is 14.4 Å². The number of hydrogen-bond acceptors (Lipinski definition) is 6. The van der Waals surface area contributed by atoms with Crippen LogP contribution in [-0.2, 0) is 28.6 Å². The third-order valence-electron chi connectivity index (χ3n) is 11.1. The number of hydrogen-bond donors (Lipinski definition) is 0. The van der Waals surface area contributed by atoms with Crippen molar-refractivity contribution in [2.24, 2.45) is 0 Å². The highest BCUT2D eigenvalue weighted by Crippen LogP contribution is 2.13. The van der Waals surface area contributed by atoms with Crippen molar-refractivity contribution in [3.05, 3.63) is 122 Å². The van der Waals surface area contributed by atoms with Gasteiger partial charge in [0.2, 0.25) is 0 Å². The van der Waals surface area contributed by atoms with Gasteiger partial charge in [-0.1, -0.05) is 232 Å². The summed E-state index contributed by atoms with van der Waals surface area (Å²) in [6, 6.07) is 0. The van der Waals surface area contributed by atoms with Gasteiger partial charge in [0.1, 0.15) is 13.2 Å². The zero-order chi connectivity index (χ0) is 48.6. The van der Waals surface area contributed by atoms with E-state index in [1.54, 1.807) is 0 Å². The molecule has 1 atom stereocenters. The summed E-state index contributed by atoms with van der Waals surface area (Å²) in [6.45, 7) is 6.38. The maximum Gasteiger partial charge on any atom is 0.306 e. The topological polar surface area (TPSA) is 78.9 Å². The highest BCUT2D eigenvalue weighted by molar-refractivity contribution is 5.71. The normalized spacial score (nSPS) is 13.1. The van der Waals surface area contributed by atoms with Crippen LogP contribution in [0.5, 0.6) is 0 Å². The summed E-state index contributed by atoms with van der Waals surface area (Å²) in [4.78, 5) is 38.1. The first-order chi connectivity index (χ1) is 33.0. The van der Waals surface area contributed by atoms with Crippen molar-refractivity contribution in [3.63, 3.8) is 0 Å². The van der Waals surface area contributed by atoms with Crippen LogP contribution in [0.25, 0.3) is 0 Å². The molecule has 0 spiro atoms. The molecule has 0 N–H and O–H groups in total. The second-order valence-electron chi connectivity index (χ2n) is 17.5. The van der Waals surface area contributed by atoms with E-state index in [1.165, 1.54) is 109 Å². The summed E-state index contributed by atoms with van der Waals surface area (Å²) in [6.07, 6.45) is 74.7. The highest BCUT2D eigenvalue weighted by Gasteiger charge is 2.19.